The number of carbonyl (C=O) groups is 1. The zero-order valence-corrected chi connectivity index (χ0v) is 18.2. The molecule has 0 aromatic heterocycles. The number of carboxylic acid groups (broad SMARTS) is 1. The number of aryl methyl sites for hydroxylation is 2. The van der Waals surface area contributed by atoms with Crippen LogP contribution in [-0.4, -0.2) is 34.9 Å². The lowest BCUT2D eigenvalue weighted by Gasteiger charge is -2.24. The van der Waals surface area contributed by atoms with Gasteiger partial charge >= 0.3 is 6.09 Å². The first-order chi connectivity index (χ1) is 14.5. The molecule has 30 heavy (non-hydrogen) atoms. The molecule has 0 unspecified atom stereocenters. The van der Waals surface area contributed by atoms with E-state index in [1.807, 2.05) is 37.3 Å². The maximum Gasteiger partial charge on any atom is 0.404 e. The molecule has 0 heterocycles. The van der Waals surface area contributed by atoms with Crippen molar-refractivity contribution in [3.8, 4) is 0 Å². The molecule has 5 heteroatoms. The summed E-state index contributed by atoms with van der Waals surface area (Å²) >= 11 is 0. The van der Waals surface area contributed by atoms with E-state index in [1.54, 1.807) is 0 Å². The minimum atomic E-state index is -0.953. The summed E-state index contributed by atoms with van der Waals surface area (Å²) < 4.78 is 0. The van der Waals surface area contributed by atoms with Crippen LogP contribution in [0.15, 0.2) is 54.6 Å². The summed E-state index contributed by atoms with van der Waals surface area (Å²) in [6.45, 7) is 4.72. The Hall–Kier alpha value is -2.37. The van der Waals surface area contributed by atoms with Gasteiger partial charge in [-0.3, -0.25) is 0 Å². The third kappa shape index (κ3) is 8.97. The van der Waals surface area contributed by atoms with Crippen LogP contribution >= 0.6 is 0 Å². The molecular formula is C25H36N2O3. The van der Waals surface area contributed by atoms with Crippen LogP contribution < -0.4 is 10.6 Å². The summed E-state index contributed by atoms with van der Waals surface area (Å²) in [6, 6.07) is 18.9. The van der Waals surface area contributed by atoms with Crippen molar-refractivity contribution in [3.05, 3.63) is 71.3 Å². The van der Waals surface area contributed by atoms with E-state index in [0.717, 1.165) is 44.1 Å². The minimum absolute atomic E-state index is 0.00684. The fourth-order valence-electron chi connectivity index (χ4n) is 3.70. The Balaban J connectivity index is 1.64. The lowest BCUT2D eigenvalue weighted by molar-refractivity contribution is 0.129. The molecule has 3 atom stereocenters. The van der Waals surface area contributed by atoms with E-state index in [2.05, 4.69) is 41.8 Å². The van der Waals surface area contributed by atoms with Gasteiger partial charge in [-0.2, -0.15) is 0 Å². The number of benzene rings is 2. The molecule has 0 spiro atoms. The van der Waals surface area contributed by atoms with E-state index >= 15 is 0 Å². The van der Waals surface area contributed by atoms with Crippen LogP contribution in [-0.2, 0) is 12.8 Å². The highest BCUT2D eigenvalue weighted by Gasteiger charge is 2.17. The monoisotopic (exact) mass is 412 g/mol. The van der Waals surface area contributed by atoms with Crippen molar-refractivity contribution in [1.29, 1.82) is 0 Å². The Bertz CT molecular complexity index is 734. The zero-order chi connectivity index (χ0) is 21.8. The van der Waals surface area contributed by atoms with Gasteiger partial charge in [0.1, 0.15) is 0 Å². The molecule has 0 fully saturated rings. The Labute approximate surface area is 180 Å². The van der Waals surface area contributed by atoms with E-state index in [4.69, 9.17) is 5.11 Å². The molecule has 2 aromatic carbocycles. The largest absolute Gasteiger partial charge is 0.465 e. The predicted octanol–water partition coefficient (Wildman–Crippen LogP) is 4.70. The van der Waals surface area contributed by atoms with Crippen molar-refractivity contribution >= 4 is 6.09 Å². The van der Waals surface area contributed by atoms with Gasteiger partial charge in [0.2, 0.25) is 0 Å². The first-order valence-electron chi connectivity index (χ1n) is 11.0. The molecule has 1 amide bonds. The first kappa shape index (κ1) is 23.9. The number of nitrogens with one attached hydrogen (secondary N) is 2. The van der Waals surface area contributed by atoms with Gasteiger partial charge in [0, 0.05) is 18.6 Å². The molecule has 164 valence electrons. The van der Waals surface area contributed by atoms with E-state index in [1.165, 1.54) is 11.1 Å². The summed E-state index contributed by atoms with van der Waals surface area (Å²) in [4.78, 5) is 10.4. The lowest BCUT2D eigenvalue weighted by atomic mass is 10.0. The maximum atomic E-state index is 10.5. The third-order valence-corrected chi connectivity index (χ3v) is 5.46. The SMILES string of the molecule is C[C@H](CCCc1ccc(CCCCNC(=O)O)cc1)N[C@@H](C)[C@H](O)c1ccccc1. The Morgan fingerprint density at radius 2 is 1.50 bits per heavy atom. The standard InChI is InChI=1S/C25H36N2O3/c1-19(27-20(2)24(28)23-12-4-3-5-13-23)9-8-11-22-16-14-21(15-17-22)10-6-7-18-26-25(29)30/h3-5,12-17,19-20,24,26-28H,6-11,18H2,1-2H3,(H,29,30)/t19-,20+,24+/m1/s1. The predicted molar refractivity (Wildman–Crippen MR) is 122 cm³/mol. The highest BCUT2D eigenvalue weighted by atomic mass is 16.4. The van der Waals surface area contributed by atoms with Crippen molar-refractivity contribution in [1.82, 2.24) is 10.6 Å². The van der Waals surface area contributed by atoms with E-state index in [9.17, 15) is 9.90 Å². The number of rotatable bonds is 13. The van der Waals surface area contributed by atoms with Crippen molar-refractivity contribution < 1.29 is 15.0 Å². The summed E-state index contributed by atoms with van der Waals surface area (Å²) in [7, 11) is 0. The van der Waals surface area contributed by atoms with Crippen LogP contribution in [0, 0.1) is 0 Å². The number of amides is 1. The van der Waals surface area contributed by atoms with Gasteiger partial charge in [0.05, 0.1) is 6.10 Å². The van der Waals surface area contributed by atoms with Crippen molar-refractivity contribution in [3.63, 3.8) is 0 Å². The molecule has 2 rings (SSSR count). The molecule has 0 aliphatic carbocycles. The molecule has 0 radical (unpaired) electrons. The fraction of sp³-hybridized carbons (Fsp3) is 0.480. The van der Waals surface area contributed by atoms with Gasteiger partial charge in [0.15, 0.2) is 0 Å². The molecule has 5 nitrogen and oxygen atoms in total. The number of aliphatic hydroxyl groups excluding tert-OH is 1. The second-order valence-corrected chi connectivity index (χ2v) is 8.11. The van der Waals surface area contributed by atoms with Gasteiger partial charge in [-0.1, -0.05) is 54.6 Å². The first-order valence-corrected chi connectivity index (χ1v) is 11.0. The highest BCUT2D eigenvalue weighted by molar-refractivity contribution is 5.64. The average Bonchev–Trinajstić information content (AvgIpc) is 2.74. The highest BCUT2D eigenvalue weighted by Crippen LogP contribution is 2.17. The Morgan fingerprint density at radius 1 is 0.900 bits per heavy atom. The smallest absolute Gasteiger partial charge is 0.404 e. The molecule has 0 aliphatic heterocycles. The molecular weight excluding hydrogens is 376 g/mol. The van der Waals surface area contributed by atoms with Gasteiger partial charge in [-0.05, 0) is 69.1 Å². The zero-order valence-electron chi connectivity index (χ0n) is 18.2. The van der Waals surface area contributed by atoms with Crippen LogP contribution in [0.1, 0.15) is 62.3 Å². The van der Waals surface area contributed by atoms with Gasteiger partial charge in [0.25, 0.3) is 0 Å². The molecule has 0 aliphatic rings. The van der Waals surface area contributed by atoms with Gasteiger partial charge in [-0.15, -0.1) is 0 Å². The van der Waals surface area contributed by atoms with Crippen LogP contribution in [0.2, 0.25) is 0 Å². The molecule has 2 aromatic rings. The second-order valence-electron chi connectivity index (χ2n) is 8.11. The fourth-order valence-corrected chi connectivity index (χ4v) is 3.70. The number of unbranched alkanes of at least 4 members (excludes halogenated alkanes) is 1. The quantitative estimate of drug-likeness (QED) is 0.360. The number of hydrogen-bond donors (Lipinski definition) is 4. The molecule has 4 N–H and O–H groups in total. The Morgan fingerprint density at radius 3 is 2.10 bits per heavy atom. The third-order valence-electron chi connectivity index (χ3n) is 5.46. The van der Waals surface area contributed by atoms with Crippen LogP contribution in [0.3, 0.4) is 0 Å². The maximum absolute atomic E-state index is 10.5. The number of aliphatic hydroxyl groups is 1. The van der Waals surface area contributed by atoms with E-state index in [-0.39, 0.29) is 6.04 Å². The van der Waals surface area contributed by atoms with Gasteiger partial charge < -0.3 is 20.8 Å². The second kappa shape index (κ2) is 13.0. The summed E-state index contributed by atoms with van der Waals surface area (Å²) in [5, 5.41) is 25.0. The van der Waals surface area contributed by atoms with Crippen molar-refractivity contribution in [2.24, 2.45) is 0 Å². The summed E-state index contributed by atoms with van der Waals surface area (Å²) in [5.74, 6) is 0. The summed E-state index contributed by atoms with van der Waals surface area (Å²) in [6.07, 6.45) is 4.57. The average molecular weight is 413 g/mol. The molecule has 0 saturated heterocycles. The van der Waals surface area contributed by atoms with E-state index in [0.29, 0.717) is 12.6 Å². The van der Waals surface area contributed by atoms with Crippen molar-refractivity contribution in [2.75, 3.05) is 6.54 Å². The van der Waals surface area contributed by atoms with E-state index < -0.39 is 12.2 Å². The minimum Gasteiger partial charge on any atom is -0.465 e. The molecule has 0 bridgehead atoms. The number of hydrogen-bond acceptors (Lipinski definition) is 3. The summed E-state index contributed by atoms with van der Waals surface area (Å²) in [5.41, 5.74) is 3.59. The normalized spacial score (nSPS) is 14.1. The Kier molecular flexibility index (Phi) is 10.4. The van der Waals surface area contributed by atoms with Crippen LogP contribution in [0.4, 0.5) is 4.79 Å². The van der Waals surface area contributed by atoms with Crippen LogP contribution in [0.5, 0.6) is 0 Å². The lowest BCUT2D eigenvalue weighted by Crippen LogP contribution is -2.38. The molecule has 0 saturated carbocycles. The van der Waals surface area contributed by atoms with Crippen LogP contribution in [0.25, 0.3) is 0 Å². The topological polar surface area (TPSA) is 81.6 Å². The van der Waals surface area contributed by atoms with Gasteiger partial charge in [-0.25, -0.2) is 4.79 Å². The van der Waals surface area contributed by atoms with Crippen molar-refractivity contribution in [2.45, 2.75) is 70.6 Å².